The normalized spacial score (nSPS) is 28.0. The fourth-order valence-electron chi connectivity index (χ4n) is 3.61. The summed E-state index contributed by atoms with van der Waals surface area (Å²) in [6.45, 7) is 1.23. The first-order valence-corrected chi connectivity index (χ1v) is 8.22. The van der Waals surface area contributed by atoms with E-state index < -0.39 is 0 Å². The van der Waals surface area contributed by atoms with Gasteiger partial charge in [0, 0.05) is 12.0 Å². The second kappa shape index (κ2) is 6.56. The highest BCUT2D eigenvalue weighted by Crippen LogP contribution is 2.40. The average molecular weight is 257 g/mol. The van der Waals surface area contributed by atoms with Crippen LogP contribution >= 0.6 is 0 Å². The highest BCUT2D eigenvalue weighted by molar-refractivity contribution is 5.27. The molecule has 1 aromatic rings. The molecule has 0 saturated heterocycles. The predicted octanol–water partition coefficient (Wildman–Crippen LogP) is 4.49. The monoisotopic (exact) mass is 257 g/mol. The third kappa shape index (κ3) is 3.82. The summed E-state index contributed by atoms with van der Waals surface area (Å²) in [4.78, 5) is 0. The standard InChI is InChI=1S/C18H27N/c1-2-5-9-15(8-4-1)12-13-19-18-14-17(18)16-10-6-3-7-11-16/h3,6-7,10-11,15,17-19H,1-2,4-5,8-9,12-14H2/t17-,18+/m1/s1. The second-order valence-electron chi connectivity index (χ2n) is 6.46. The molecule has 0 radical (unpaired) electrons. The van der Waals surface area contributed by atoms with Crippen molar-refractivity contribution in [1.82, 2.24) is 5.32 Å². The van der Waals surface area contributed by atoms with Crippen molar-refractivity contribution in [3.8, 4) is 0 Å². The molecule has 2 atom stereocenters. The Labute approximate surface area is 117 Å². The number of hydrogen-bond acceptors (Lipinski definition) is 1. The lowest BCUT2D eigenvalue weighted by atomic mass is 9.97. The van der Waals surface area contributed by atoms with Crippen LogP contribution in [0.3, 0.4) is 0 Å². The number of hydrogen-bond donors (Lipinski definition) is 1. The largest absolute Gasteiger partial charge is 0.313 e. The van der Waals surface area contributed by atoms with Gasteiger partial charge in [-0.15, -0.1) is 0 Å². The van der Waals surface area contributed by atoms with Crippen LogP contribution in [0.4, 0.5) is 0 Å². The maximum atomic E-state index is 3.77. The molecule has 0 aliphatic heterocycles. The Hall–Kier alpha value is -0.820. The molecule has 19 heavy (non-hydrogen) atoms. The van der Waals surface area contributed by atoms with E-state index in [2.05, 4.69) is 35.6 Å². The molecule has 1 nitrogen and oxygen atoms in total. The molecule has 0 heterocycles. The molecule has 3 rings (SSSR count). The van der Waals surface area contributed by atoms with E-state index in [-0.39, 0.29) is 0 Å². The van der Waals surface area contributed by atoms with E-state index in [9.17, 15) is 0 Å². The van der Waals surface area contributed by atoms with E-state index >= 15 is 0 Å². The van der Waals surface area contributed by atoms with Gasteiger partial charge in [-0.3, -0.25) is 0 Å². The van der Waals surface area contributed by atoms with Gasteiger partial charge < -0.3 is 5.32 Å². The molecule has 0 bridgehead atoms. The SMILES string of the molecule is c1ccc([C@H]2C[C@@H]2NCCC2CCCCCC2)cc1. The van der Waals surface area contributed by atoms with Crippen molar-refractivity contribution < 1.29 is 0 Å². The molecule has 1 aromatic carbocycles. The second-order valence-corrected chi connectivity index (χ2v) is 6.46. The molecule has 0 spiro atoms. The van der Waals surface area contributed by atoms with Gasteiger partial charge >= 0.3 is 0 Å². The smallest absolute Gasteiger partial charge is 0.0143 e. The van der Waals surface area contributed by atoms with Crippen molar-refractivity contribution in [3.63, 3.8) is 0 Å². The molecule has 2 aliphatic rings. The fourth-order valence-corrected chi connectivity index (χ4v) is 3.61. The summed E-state index contributed by atoms with van der Waals surface area (Å²) in [6, 6.07) is 11.7. The molecule has 2 fully saturated rings. The maximum Gasteiger partial charge on any atom is 0.0143 e. The molecular formula is C18H27N. The summed E-state index contributed by atoms with van der Waals surface area (Å²) in [5.41, 5.74) is 1.52. The highest BCUT2D eigenvalue weighted by Gasteiger charge is 2.37. The van der Waals surface area contributed by atoms with Crippen LogP contribution in [0.1, 0.15) is 62.8 Å². The van der Waals surface area contributed by atoms with Gasteiger partial charge in [-0.05, 0) is 30.9 Å². The molecule has 2 saturated carbocycles. The number of nitrogens with one attached hydrogen (secondary N) is 1. The van der Waals surface area contributed by atoms with Gasteiger partial charge in [-0.25, -0.2) is 0 Å². The van der Waals surface area contributed by atoms with Crippen molar-refractivity contribution in [2.24, 2.45) is 5.92 Å². The van der Waals surface area contributed by atoms with Crippen LogP contribution < -0.4 is 5.32 Å². The summed E-state index contributed by atoms with van der Waals surface area (Å²) >= 11 is 0. The quantitative estimate of drug-likeness (QED) is 0.766. The van der Waals surface area contributed by atoms with E-state index in [4.69, 9.17) is 0 Å². The first-order valence-electron chi connectivity index (χ1n) is 8.22. The summed E-state index contributed by atoms with van der Waals surface area (Å²) in [5.74, 6) is 1.79. The van der Waals surface area contributed by atoms with E-state index in [0.29, 0.717) is 0 Å². The third-order valence-corrected chi connectivity index (χ3v) is 4.95. The van der Waals surface area contributed by atoms with Gasteiger partial charge in [0.25, 0.3) is 0 Å². The van der Waals surface area contributed by atoms with Crippen LogP contribution in [0.25, 0.3) is 0 Å². The van der Waals surface area contributed by atoms with Gasteiger partial charge in [-0.2, -0.15) is 0 Å². The molecule has 2 aliphatic carbocycles. The van der Waals surface area contributed by atoms with Crippen LogP contribution in [0.2, 0.25) is 0 Å². The van der Waals surface area contributed by atoms with Crippen LogP contribution in [0.5, 0.6) is 0 Å². The van der Waals surface area contributed by atoms with Crippen molar-refractivity contribution in [1.29, 1.82) is 0 Å². The van der Waals surface area contributed by atoms with E-state index in [1.165, 1.54) is 63.5 Å². The zero-order chi connectivity index (χ0) is 12.9. The van der Waals surface area contributed by atoms with Gasteiger partial charge in [0.2, 0.25) is 0 Å². The molecular weight excluding hydrogens is 230 g/mol. The zero-order valence-corrected chi connectivity index (χ0v) is 12.0. The topological polar surface area (TPSA) is 12.0 Å². The lowest BCUT2D eigenvalue weighted by Crippen LogP contribution is -2.21. The highest BCUT2D eigenvalue weighted by atomic mass is 15.0. The maximum absolute atomic E-state index is 3.77. The first-order chi connectivity index (χ1) is 9.43. The summed E-state index contributed by atoms with van der Waals surface area (Å²) in [5, 5.41) is 3.77. The van der Waals surface area contributed by atoms with Gasteiger partial charge in [0.1, 0.15) is 0 Å². The lowest BCUT2D eigenvalue weighted by Gasteiger charge is -2.14. The van der Waals surface area contributed by atoms with Crippen molar-refractivity contribution in [2.45, 2.75) is 63.3 Å². The van der Waals surface area contributed by atoms with Crippen molar-refractivity contribution in [2.75, 3.05) is 6.54 Å². The summed E-state index contributed by atoms with van der Waals surface area (Å²) < 4.78 is 0. The molecule has 1 N–H and O–H groups in total. The van der Waals surface area contributed by atoms with Crippen LogP contribution in [-0.4, -0.2) is 12.6 Å². The molecule has 0 unspecified atom stereocenters. The Bertz CT molecular complexity index is 365. The van der Waals surface area contributed by atoms with Gasteiger partial charge in [-0.1, -0.05) is 68.9 Å². The Kier molecular flexibility index (Phi) is 4.55. The molecule has 0 aromatic heterocycles. The molecule has 104 valence electrons. The Morgan fingerprint density at radius 1 is 0.947 bits per heavy atom. The van der Waals surface area contributed by atoms with E-state index in [1.54, 1.807) is 0 Å². The molecule has 0 amide bonds. The third-order valence-electron chi connectivity index (χ3n) is 4.95. The first kappa shape index (κ1) is 13.2. The van der Waals surface area contributed by atoms with Gasteiger partial charge in [0.05, 0.1) is 0 Å². The van der Waals surface area contributed by atoms with E-state index in [1.807, 2.05) is 0 Å². The fraction of sp³-hybridized carbons (Fsp3) is 0.667. The zero-order valence-electron chi connectivity index (χ0n) is 12.0. The van der Waals surface area contributed by atoms with Crippen LogP contribution in [-0.2, 0) is 0 Å². The van der Waals surface area contributed by atoms with Crippen molar-refractivity contribution >= 4 is 0 Å². The Balaban J connectivity index is 1.35. The van der Waals surface area contributed by atoms with Gasteiger partial charge in [0.15, 0.2) is 0 Å². The minimum absolute atomic E-state index is 0.758. The minimum atomic E-state index is 0.758. The minimum Gasteiger partial charge on any atom is -0.313 e. The number of rotatable bonds is 5. The molecule has 1 heteroatoms. The van der Waals surface area contributed by atoms with Crippen molar-refractivity contribution in [3.05, 3.63) is 35.9 Å². The summed E-state index contributed by atoms with van der Waals surface area (Å²) in [7, 11) is 0. The van der Waals surface area contributed by atoms with E-state index in [0.717, 1.165) is 17.9 Å². The Morgan fingerprint density at radius 2 is 1.68 bits per heavy atom. The summed E-state index contributed by atoms with van der Waals surface area (Å²) in [6.07, 6.45) is 11.6. The predicted molar refractivity (Wildman–Crippen MR) is 81.4 cm³/mol. The number of benzene rings is 1. The average Bonchev–Trinajstić information content (AvgIpc) is 3.24. The van der Waals surface area contributed by atoms with Crippen LogP contribution in [0.15, 0.2) is 30.3 Å². The van der Waals surface area contributed by atoms with Crippen LogP contribution in [0, 0.1) is 5.92 Å². The lowest BCUT2D eigenvalue weighted by molar-refractivity contribution is 0.413. The Morgan fingerprint density at radius 3 is 2.42 bits per heavy atom.